The zero-order valence-electron chi connectivity index (χ0n) is 16.9. The van der Waals surface area contributed by atoms with E-state index in [1.54, 1.807) is 17.0 Å². The lowest BCUT2D eigenvalue weighted by atomic mass is 10.1. The van der Waals surface area contributed by atoms with Crippen molar-refractivity contribution in [1.29, 1.82) is 0 Å². The Morgan fingerprint density at radius 3 is 2.60 bits per heavy atom. The number of fused-ring (bicyclic) bond motifs is 1. The molecule has 4 aromatic rings. The Hall–Kier alpha value is -3.30. The molecule has 4 rings (SSSR count). The largest absolute Gasteiger partial charge is 0.324 e. The third-order valence-electron chi connectivity index (χ3n) is 4.29. The molecule has 0 spiro atoms. The predicted molar refractivity (Wildman–Crippen MR) is 106 cm³/mol. The van der Waals surface area contributed by atoms with E-state index in [1.807, 2.05) is 20.8 Å². The van der Waals surface area contributed by atoms with E-state index in [0.717, 1.165) is 12.0 Å². The van der Waals surface area contributed by atoms with E-state index in [0.29, 0.717) is 23.6 Å². The van der Waals surface area contributed by atoms with E-state index in [2.05, 4.69) is 25.0 Å². The van der Waals surface area contributed by atoms with Crippen molar-refractivity contribution in [3.05, 3.63) is 59.9 Å². The first-order chi connectivity index (χ1) is 14.6. The summed E-state index contributed by atoms with van der Waals surface area (Å²) in [6, 6.07) is 2.82. The van der Waals surface area contributed by atoms with Crippen LogP contribution in [0.15, 0.2) is 37.1 Å². The van der Waals surface area contributed by atoms with Crippen molar-refractivity contribution < 1.29 is 13.2 Å². The number of nitrogens with zero attached hydrogens (tertiary/aromatic N) is 7. The van der Waals surface area contributed by atoms with Gasteiger partial charge in [-0.15, -0.1) is 5.10 Å². The molecule has 0 atom stereocenters. The van der Waals surface area contributed by atoms with Crippen molar-refractivity contribution in [2.45, 2.75) is 46.6 Å². The summed E-state index contributed by atoms with van der Waals surface area (Å²) in [5.41, 5.74) is 1.85. The Labute approximate surface area is 171 Å². The normalized spacial score (nSPS) is 11.0. The van der Waals surface area contributed by atoms with E-state index in [-0.39, 0.29) is 12.2 Å². The van der Waals surface area contributed by atoms with Gasteiger partial charge in [0.25, 0.3) is 6.43 Å². The van der Waals surface area contributed by atoms with Crippen LogP contribution in [0.5, 0.6) is 0 Å². The first-order valence-electron chi connectivity index (χ1n) is 9.71. The molecule has 0 aliphatic rings. The van der Waals surface area contributed by atoms with Gasteiger partial charge in [-0.25, -0.2) is 37.6 Å². The Balaban J connectivity index is 0.00000124. The third kappa shape index (κ3) is 4.17. The van der Waals surface area contributed by atoms with Crippen LogP contribution >= 0.6 is 0 Å². The first kappa shape index (κ1) is 21.4. The summed E-state index contributed by atoms with van der Waals surface area (Å²) in [5, 5.41) is 3.78. The molecule has 0 saturated carbocycles. The molecule has 0 aliphatic heterocycles. The average Bonchev–Trinajstić information content (AvgIpc) is 3.39. The fraction of sp³-hybridized carbons (Fsp3) is 0.350. The van der Waals surface area contributed by atoms with Crippen LogP contribution in [0.25, 0.3) is 17.2 Å². The minimum Gasteiger partial charge on any atom is -0.324 e. The van der Waals surface area contributed by atoms with Gasteiger partial charge in [0.05, 0.1) is 12.2 Å². The maximum Gasteiger partial charge on any atom is 0.299 e. The van der Waals surface area contributed by atoms with Gasteiger partial charge in [-0.1, -0.05) is 27.2 Å². The molecule has 0 unspecified atom stereocenters. The van der Waals surface area contributed by atoms with Crippen molar-refractivity contribution in [2.24, 2.45) is 0 Å². The Morgan fingerprint density at radius 2 is 1.90 bits per heavy atom. The average molecular weight is 417 g/mol. The summed E-state index contributed by atoms with van der Waals surface area (Å²) in [7, 11) is 0. The number of hydrogen-bond donors (Lipinski definition) is 0. The minimum absolute atomic E-state index is 0.132. The minimum atomic E-state index is -2.76. The zero-order chi connectivity index (χ0) is 21.7. The van der Waals surface area contributed by atoms with Crippen LogP contribution in [0, 0.1) is 5.82 Å². The van der Waals surface area contributed by atoms with Gasteiger partial charge in [-0.05, 0) is 18.6 Å². The number of alkyl halides is 2. The Morgan fingerprint density at radius 1 is 1.10 bits per heavy atom. The van der Waals surface area contributed by atoms with Crippen LogP contribution in [0.2, 0.25) is 0 Å². The third-order valence-corrected chi connectivity index (χ3v) is 4.29. The summed E-state index contributed by atoms with van der Waals surface area (Å²) >= 11 is 0. The van der Waals surface area contributed by atoms with Crippen molar-refractivity contribution in [1.82, 2.24) is 34.1 Å². The summed E-state index contributed by atoms with van der Waals surface area (Å²) in [5.74, 6) is -0.654. The van der Waals surface area contributed by atoms with Gasteiger partial charge < -0.3 is 4.57 Å². The number of hydrogen-bond acceptors (Lipinski definition) is 5. The van der Waals surface area contributed by atoms with Gasteiger partial charge in [-0.2, -0.15) is 0 Å². The summed E-state index contributed by atoms with van der Waals surface area (Å²) in [6.07, 6.45) is 4.71. The maximum absolute atomic E-state index is 14.1. The molecule has 158 valence electrons. The van der Waals surface area contributed by atoms with E-state index >= 15 is 0 Å². The first-order valence-corrected chi connectivity index (χ1v) is 9.71. The van der Waals surface area contributed by atoms with Crippen molar-refractivity contribution in [3.8, 4) is 11.5 Å². The lowest BCUT2D eigenvalue weighted by molar-refractivity contribution is 0.140. The maximum atomic E-state index is 14.1. The number of halogens is 3. The highest BCUT2D eigenvalue weighted by atomic mass is 19.3. The number of rotatable bonds is 6. The molecule has 4 heterocycles. The summed E-state index contributed by atoms with van der Waals surface area (Å²) in [6.45, 7) is 6.25. The fourth-order valence-electron chi connectivity index (χ4n) is 3.06. The van der Waals surface area contributed by atoms with Crippen molar-refractivity contribution in [3.63, 3.8) is 0 Å². The Kier molecular flexibility index (Phi) is 6.76. The van der Waals surface area contributed by atoms with E-state index in [4.69, 9.17) is 0 Å². The second kappa shape index (κ2) is 9.47. The lowest BCUT2D eigenvalue weighted by Crippen LogP contribution is -2.10. The van der Waals surface area contributed by atoms with Gasteiger partial charge in [0, 0.05) is 24.2 Å². The highest BCUT2D eigenvalue weighted by Crippen LogP contribution is 2.23. The molecule has 0 aromatic carbocycles. The molecule has 0 saturated heterocycles. The van der Waals surface area contributed by atoms with Gasteiger partial charge in [0.2, 0.25) is 5.82 Å². The second-order valence-corrected chi connectivity index (χ2v) is 6.17. The SMILES string of the molecule is CC.CCCc1c(Cn2ccnc2-c2ncccc2F)ncn2nc(C(F)F)nc12. The molecule has 30 heavy (non-hydrogen) atoms. The number of aromatic nitrogens is 7. The quantitative estimate of drug-likeness (QED) is 0.462. The van der Waals surface area contributed by atoms with Crippen LogP contribution in [0.3, 0.4) is 0 Å². The molecule has 0 aliphatic carbocycles. The van der Waals surface area contributed by atoms with Crippen molar-refractivity contribution in [2.75, 3.05) is 0 Å². The zero-order valence-corrected chi connectivity index (χ0v) is 16.9. The smallest absolute Gasteiger partial charge is 0.299 e. The van der Waals surface area contributed by atoms with E-state index < -0.39 is 18.1 Å². The molecule has 0 bridgehead atoms. The molecule has 7 nitrogen and oxygen atoms in total. The molecule has 0 fully saturated rings. The van der Waals surface area contributed by atoms with Crippen LogP contribution in [-0.2, 0) is 13.0 Å². The van der Waals surface area contributed by atoms with Crippen LogP contribution in [0.1, 0.15) is 50.7 Å². The van der Waals surface area contributed by atoms with Gasteiger partial charge in [-0.3, -0.25) is 0 Å². The standard InChI is InChI=1S/C18H16F3N7.C2H6/c1-2-4-11-13(24-10-28-17(11)25-16(26-28)15(20)21)9-27-8-7-23-18(27)14-12(19)5-3-6-22-14;1-2/h3,5-8,10,15H,2,4,9H2,1H3;1-2H3. The monoisotopic (exact) mass is 417 g/mol. The van der Waals surface area contributed by atoms with Gasteiger partial charge in [0.15, 0.2) is 17.3 Å². The number of aryl methyl sites for hydroxylation is 1. The molecule has 0 amide bonds. The van der Waals surface area contributed by atoms with Crippen molar-refractivity contribution >= 4 is 5.65 Å². The molecule has 4 aromatic heterocycles. The number of pyridine rings is 1. The molecular weight excluding hydrogens is 395 g/mol. The topological polar surface area (TPSA) is 73.8 Å². The summed E-state index contributed by atoms with van der Waals surface area (Å²) < 4.78 is 43.1. The summed E-state index contributed by atoms with van der Waals surface area (Å²) in [4.78, 5) is 16.6. The second-order valence-electron chi connectivity index (χ2n) is 6.17. The fourth-order valence-corrected chi connectivity index (χ4v) is 3.06. The van der Waals surface area contributed by atoms with Gasteiger partial charge >= 0.3 is 0 Å². The molecule has 0 radical (unpaired) electrons. The highest BCUT2D eigenvalue weighted by molar-refractivity contribution is 5.52. The highest BCUT2D eigenvalue weighted by Gasteiger charge is 2.20. The molecule has 10 heteroatoms. The Bertz CT molecular complexity index is 1120. The molecule has 0 N–H and O–H groups in total. The lowest BCUT2D eigenvalue weighted by Gasteiger charge is -2.11. The predicted octanol–water partition coefficient (Wildman–Crippen LogP) is 4.49. The van der Waals surface area contributed by atoms with Gasteiger partial charge in [0.1, 0.15) is 12.0 Å². The molecular formula is C20H22F3N7. The van der Waals surface area contributed by atoms with E-state index in [1.165, 1.54) is 29.2 Å². The van der Waals surface area contributed by atoms with Crippen LogP contribution in [-0.4, -0.2) is 34.1 Å². The van der Waals surface area contributed by atoms with Crippen LogP contribution < -0.4 is 0 Å². The van der Waals surface area contributed by atoms with E-state index in [9.17, 15) is 13.2 Å². The number of imidazole rings is 1. The van der Waals surface area contributed by atoms with Crippen LogP contribution in [0.4, 0.5) is 13.2 Å².